The van der Waals surface area contributed by atoms with Crippen LogP contribution in [0.15, 0.2) is 51.8 Å². The third-order valence-corrected chi connectivity index (χ3v) is 6.98. The summed E-state index contributed by atoms with van der Waals surface area (Å²) in [6.45, 7) is 8.57. The Morgan fingerprint density at radius 1 is 1.21 bits per heavy atom. The molecule has 0 saturated heterocycles. The smallest absolute Gasteiger partial charge is 0.263 e. The van der Waals surface area contributed by atoms with Crippen LogP contribution in [-0.4, -0.2) is 27.5 Å². The minimum atomic E-state index is -3.78. The normalized spacial score (nSPS) is 16.2. The summed E-state index contributed by atoms with van der Waals surface area (Å²) in [6, 6.07) is 11.6. The number of carbonyl (C=O) groups excluding carboxylic acids is 1. The van der Waals surface area contributed by atoms with Crippen LogP contribution in [0.4, 0.5) is 11.4 Å². The van der Waals surface area contributed by atoms with Gasteiger partial charge in [0.15, 0.2) is 0 Å². The summed E-state index contributed by atoms with van der Waals surface area (Å²) >= 11 is 3.28. The van der Waals surface area contributed by atoms with E-state index < -0.39 is 15.4 Å². The fraction of sp³-hybridized carbons (Fsp3) is 0.381. The minimum Gasteiger partial charge on any atom is -0.490 e. The molecule has 0 aromatic heterocycles. The number of nitrogens with zero attached hydrogens (tertiary/aromatic N) is 1. The lowest BCUT2D eigenvalue weighted by Gasteiger charge is -2.29. The molecule has 29 heavy (non-hydrogen) atoms. The van der Waals surface area contributed by atoms with E-state index in [0.717, 1.165) is 0 Å². The van der Waals surface area contributed by atoms with Gasteiger partial charge in [-0.05, 0) is 60.0 Å². The highest BCUT2D eigenvalue weighted by molar-refractivity contribution is 9.10. The third-order valence-electron chi connectivity index (χ3n) is 4.59. The zero-order valence-electron chi connectivity index (χ0n) is 16.9. The lowest BCUT2D eigenvalue weighted by atomic mass is 9.92. The predicted molar refractivity (Wildman–Crippen MR) is 118 cm³/mol. The number of rotatable bonds is 5. The van der Waals surface area contributed by atoms with Gasteiger partial charge in [0.25, 0.3) is 10.0 Å². The van der Waals surface area contributed by atoms with Crippen LogP contribution in [-0.2, 0) is 14.8 Å². The molecule has 0 fully saturated rings. The summed E-state index contributed by atoms with van der Waals surface area (Å²) in [6.07, 6.45) is 0. The van der Waals surface area contributed by atoms with Gasteiger partial charge in [-0.15, -0.1) is 0 Å². The van der Waals surface area contributed by atoms with Crippen LogP contribution in [0, 0.1) is 11.3 Å². The number of carbonyl (C=O) groups is 1. The number of hydrogen-bond acceptors (Lipinski definition) is 4. The number of hydrogen-bond donors (Lipinski definition) is 1. The van der Waals surface area contributed by atoms with Crippen molar-refractivity contribution in [2.75, 3.05) is 22.8 Å². The number of halogens is 1. The van der Waals surface area contributed by atoms with Crippen LogP contribution in [0.2, 0.25) is 0 Å². The van der Waals surface area contributed by atoms with Gasteiger partial charge in [-0.1, -0.05) is 26.0 Å². The quantitative estimate of drug-likeness (QED) is 0.674. The third kappa shape index (κ3) is 4.59. The van der Waals surface area contributed by atoms with Gasteiger partial charge in [0, 0.05) is 17.1 Å². The molecule has 0 aliphatic carbocycles. The standard InChI is InChI=1S/C21H25BrN2O4S/c1-14(2)12-24-17-10-9-15(11-18(17)28-13-21(3,4)20(24)25)23-29(26,27)19-8-6-5-7-16(19)22/h5-11,14,23H,12-13H2,1-4H3. The molecule has 0 bridgehead atoms. The van der Waals surface area contributed by atoms with E-state index in [0.29, 0.717) is 28.1 Å². The summed E-state index contributed by atoms with van der Waals surface area (Å²) in [7, 11) is -3.78. The Labute approximate surface area is 180 Å². The number of anilines is 2. The van der Waals surface area contributed by atoms with Crippen molar-refractivity contribution in [2.24, 2.45) is 11.3 Å². The van der Waals surface area contributed by atoms with Crippen LogP contribution in [0.5, 0.6) is 5.75 Å². The molecule has 2 aromatic rings. The molecule has 1 aliphatic heterocycles. The summed E-state index contributed by atoms with van der Waals surface area (Å²) in [5, 5.41) is 0. The molecule has 1 heterocycles. The number of ether oxygens (including phenoxy) is 1. The van der Waals surface area contributed by atoms with Gasteiger partial charge in [0.2, 0.25) is 5.91 Å². The Hall–Kier alpha value is -2.06. The lowest BCUT2D eigenvalue weighted by Crippen LogP contribution is -2.43. The number of nitrogens with one attached hydrogen (secondary N) is 1. The fourth-order valence-electron chi connectivity index (χ4n) is 3.13. The molecule has 0 radical (unpaired) electrons. The predicted octanol–water partition coefficient (Wildman–Crippen LogP) is 4.66. The van der Waals surface area contributed by atoms with Crippen LogP contribution in [0.3, 0.4) is 0 Å². The zero-order chi connectivity index (χ0) is 21.4. The van der Waals surface area contributed by atoms with Gasteiger partial charge < -0.3 is 9.64 Å². The van der Waals surface area contributed by atoms with Gasteiger partial charge in [0.1, 0.15) is 17.3 Å². The van der Waals surface area contributed by atoms with Crippen molar-refractivity contribution in [1.82, 2.24) is 0 Å². The van der Waals surface area contributed by atoms with Crippen molar-refractivity contribution >= 4 is 43.2 Å². The highest BCUT2D eigenvalue weighted by Crippen LogP contribution is 2.39. The molecule has 3 rings (SSSR count). The van der Waals surface area contributed by atoms with Crippen molar-refractivity contribution < 1.29 is 17.9 Å². The van der Waals surface area contributed by atoms with Crippen LogP contribution >= 0.6 is 15.9 Å². The summed E-state index contributed by atoms with van der Waals surface area (Å²) in [4.78, 5) is 14.9. The maximum atomic E-state index is 13.0. The minimum absolute atomic E-state index is 0.00787. The van der Waals surface area contributed by atoms with E-state index in [9.17, 15) is 13.2 Å². The van der Waals surface area contributed by atoms with Crippen molar-refractivity contribution in [3.05, 3.63) is 46.9 Å². The molecule has 2 aromatic carbocycles. The molecule has 1 N–H and O–H groups in total. The van der Waals surface area contributed by atoms with E-state index >= 15 is 0 Å². The molecule has 0 spiro atoms. The van der Waals surface area contributed by atoms with Crippen LogP contribution in [0.25, 0.3) is 0 Å². The van der Waals surface area contributed by atoms with Crippen LogP contribution in [0.1, 0.15) is 27.7 Å². The van der Waals surface area contributed by atoms with E-state index in [1.807, 2.05) is 27.7 Å². The lowest BCUT2D eigenvalue weighted by molar-refractivity contribution is -0.127. The van der Waals surface area contributed by atoms with Crippen molar-refractivity contribution in [3.63, 3.8) is 0 Å². The Morgan fingerprint density at radius 3 is 2.55 bits per heavy atom. The zero-order valence-corrected chi connectivity index (χ0v) is 19.3. The second-order valence-electron chi connectivity index (χ2n) is 8.20. The maximum Gasteiger partial charge on any atom is 0.263 e. The molecule has 1 aliphatic rings. The number of sulfonamides is 1. The van der Waals surface area contributed by atoms with Gasteiger partial charge in [0.05, 0.1) is 16.8 Å². The SMILES string of the molecule is CC(C)CN1C(=O)C(C)(C)COc2cc(NS(=O)(=O)c3ccccc3Br)ccc21. The van der Waals surface area contributed by atoms with Gasteiger partial charge >= 0.3 is 0 Å². The molecule has 0 saturated carbocycles. The highest BCUT2D eigenvalue weighted by atomic mass is 79.9. The second-order valence-corrected chi connectivity index (χ2v) is 10.7. The molecule has 1 amide bonds. The summed E-state index contributed by atoms with van der Waals surface area (Å²) < 4.78 is 34.6. The molecule has 0 atom stereocenters. The molecule has 156 valence electrons. The molecular formula is C21H25BrN2O4S. The highest BCUT2D eigenvalue weighted by Gasteiger charge is 2.38. The van der Waals surface area contributed by atoms with E-state index in [1.54, 1.807) is 41.3 Å². The second kappa shape index (κ2) is 7.99. The topological polar surface area (TPSA) is 75.7 Å². The fourth-order valence-corrected chi connectivity index (χ4v) is 5.18. The Kier molecular flexibility index (Phi) is 5.96. The van der Waals surface area contributed by atoms with E-state index in [4.69, 9.17) is 4.74 Å². The molecule has 6 nitrogen and oxygen atoms in total. The number of benzene rings is 2. The molecular weight excluding hydrogens is 456 g/mol. The summed E-state index contributed by atoms with van der Waals surface area (Å²) in [5.41, 5.74) is 0.344. The average Bonchev–Trinajstić information content (AvgIpc) is 2.72. The first kappa shape index (κ1) is 21.6. The number of fused-ring (bicyclic) bond motifs is 1. The van der Waals surface area contributed by atoms with Crippen LogP contribution < -0.4 is 14.4 Å². The number of amides is 1. The Balaban J connectivity index is 1.98. The average molecular weight is 481 g/mol. The largest absolute Gasteiger partial charge is 0.490 e. The summed E-state index contributed by atoms with van der Waals surface area (Å²) in [5.74, 6) is 0.748. The first-order valence-corrected chi connectivity index (χ1v) is 11.6. The van der Waals surface area contributed by atoms with Gasteiger partial charge in [-0.2, -0.15) is 0 Å². The maximum absolute atomic E-state index is 13.0. The monoisotopic (exact) mass is 480 g/mol. The first-order valence-electron chi connectivity index (χ1n) is 9.37. The van der Waals surface area contributed by atoms with Gasteiger partial charge in [-0.3, -0.25) is 9.52 Å². The Bertz CT molecular complexity index is 1030. The molecule has 0 unspecified atom stereocenters. The van der Waals surface area contributed by atoms with Crippen molar-refractivity contribution in [1.29, 1.82) is 0 Å². The van der Waals surface area contributed by atoms with Crippen molar-refractivity contribution in [2.45, 2.75) is 32.6 Å². The first-order chi connectivity index (χ1) is 13.5. The van der Waals surface area contributed by atoms with E-state index in [1.165, 1.54) is 6.07 Å². The van der Waals surface area contributed by atoms with E-state index in [-0.39, 0.29) is 23.3 Å². The van der Waals surface area contributed by atoms with E-state index in [2.05, 4.69) is 20.7 Å². The van der Waals surface area contributed by atoms with Gasteiger partial charge in [-0.25, -0.2) is 8.42 Å². The molecule has 8 heteroatoms. The Morgan fingerprint density at radius 2 is 1.90 bits per heavy atom. The van der Waals surface area contributed by atoms with Crippen molar-refractivity contribution in [3.8, 4) is 5.75 Å².